The number of fused-ring (bicyclic) bond motifs is 1. The number of benzene rings is 1. The van der Waals surface area contributed by atoms with Crippen molar-refractivity contribution < 1.29 is 9.53 Å². The molecule has 2 aromatic heterocycles. The van der Waals surface area contributed by atoms with Crippen LogP contribution in [0.5, 0.6) is 5.75 Å². The number of aromatic nitrogens is 2. The molecule has 0 aliphatic carbocycles. The van der Waals surface area contributed by atoms with Crippen LogP contribution in [0.2, 0.25) is 0 Å². The summed E-state index contributed by atoms with van der Waals surface area (Å²) in [4.78, 5) is 32.1. The van der Waals surface area contributed by atoms with Crippen LogP contribution in [-0.4, -0.2) is 23.0 Å². The Kier molecular flexibility index (Phi) is 6.46. The fourth-order valence-corrected chi connectivity index (χ4v) is 3.86. The first-order valence-corrected chi connectivity index (χ1v) is 10.2. The maximum Gasteiger partial charge on any atom is 0.251 e. The van der Waals surface area contributed by atoms with Gasteiger partial charge in [-0.15, -0.1) is 11.3 Å². The van der Waals surface area contributed by atoms with E-state index in [0.29, 0.717) is 17.9 Å². The van der Waals surface area contributed by atoms with Gasteiger partial charge < -0.3 is 15.0 Å². The van der Waals surface area contributed by atoms with E-state index in [1.54, 1.807) is 30.7 Å². The number of aromatic amines is 1. The minimum absolute atomic E-state index is 0.0778. The van der Waals surface area contributed by atoms with Gasteiger partial charge in [0, 0.05) is 34.5 Å². The summed E-state index contributed by atoms with van der Waals surface area (Å²) >= 11 is 1.54. The van der Waals surface area contributed by atoms with Gasteiger partial charge in [0.25, 0.3) is 5.56 Å². The van der Waals surface area contributed by atoms with Crippen LogP contribution >= 0.6 is 11.3 Å². The molecule has 0 aliphatic heterocycles. The first kappa shape index (κ1) is 20.1. The van der Waals surface area contributed by atoms with Crippen molar-refractivity contribution in [3.8, 4) is 5.75 Å². The van der Waals surface area contributed by atoms with E-state index in [1.165, 1.54) is 0 Å². The highest BCUT2D eigenvalue weighted by Gasteiger charge is 2.18. The number of carbonyl (C=O) groups excluding carboxylic acids is 1. The van der Waals surface area contributed by atoms with Crippen molar-refractivity contribution in [2.45, 2.75) is 39.2 Å². The monoisotopic (exact) mass is 399 g/mol. The van der Waals surface area contributed by atoms with Crippen LogP contribution in [0.15, 0.2) is 40.6 Å². The summed E-state index contributed by atoms with van der Waals surface area (Å²) in [6, 6.07) is 7.23. The zero-order valence-corrected chi connectivity index (χ0v) is 17.1. The molecule has 2 heterocycles. The maximum absolute atomic E-state index is 12.5. The maximum atomic E-state index is 12.5. The second-order valence-corrected chi connectivity index (χ2v) is 8.12. The van der Waals surface area contributed by atoms with E-state index in [2.05, 4.69) is 29.1 Å². The van der Waals surface area contributed by atoms with E-state index in [0.717, 1.165) is 28.1 Å². The molecule has 3 rings (SSSR count). The van der Waals surface area contributed by atoms with Crippen LogP contribution in [0.25, 0.3) is 10.9 Å². The number of hydrogen-bond acceptors (Lipinski definition) is 5. The molecule has 1 unspecified atom stereocenters. The Labute approximate surface area is 168 Å². The number of hydrogen-bond donors (Lipinski definition) is 2. The van der Waals surface area contributed by atoms with Crippen molar-refractivity contribution in [3.05, 3.63) is 56.8 Å². The molecule has 0 saturated heterocycles. The molecule has 28 heavy (non-hydrogen) atoms. The number of amides is 1. The van der Waals surface area contributed by atoms with Crippen LogP contribution in [0.4, 0.5) is 0 Å². The van der Waals surface area contributed by atoms with Crippen LogP contribution in [0.1, 0.15) is 43.3 Å². The number of pyridine rings is 1. The third kappa shape index (κ3) is 4.98. The first-order valence-electron chi connectivity index (χ1n) is 9.35. The molecule has 1 amide bonds. The van der Waals surface area contributed by atoms with Gasteiger partial charge in [-0.05, 0) is 43.0 Å². The van der Waals surface area contributed by atoms with Gasteiger partial charge in [-0.2, -0.15) is 0 Å². The van der Waals surface area contributed by atoms with Crippen molar-refractivity contribution in [3.63, 3.8) is 0 Å². The van der Waals surface area contributed by atoms with Crippen LogP contribution < -0.4 is 15.6 Å². The Bertz CT molecular complexity index is 996. The SMILES string of the molecule is COc1ccc2[nH]c(=O)c(CCC(=O)NC(CC(C)C)c3nccs3)cc2c1. The normalized spacial score (nSPS) is 12.3. The molecule has 1 aromatic carbocycles. The van der Waals surface area contributed by atoms with Gasteiger partial charge in [0.05, 0.1) is 13.2 Å². The van der Waals surface area contributed by atoms with Crippen LogP contribution in [-0.2, 0) is 11.2 Å². The zero-order valence-electron chi connectivity index (χ0n) is 16.3. The molecule has 0 saturated carbocycles. The summed E-state index contributed by atoms with van der Waals surface area (Å²) in [6.07, 6.45) is 3.21. The largest absolute Gasteiger partial charge is 0.497 e. The molecule has 6 nitrogen and oxygen atoms in total. The minimum Gasteiger partial charge on any atom is -0.497 e. The first-order chi connectivity index (χ1) is 13.5. The number of thiazole rings is 1. The number of methoxy groups -OCH3 is 1. The van der Waals surface area contributed by atoms with Crippen molar-refractivity contribution in [1.29, 1.82) is 0 Å². The lowest BCUT2D eigenvalue weighted by Gasteiger charge is -2.18. The number of carbonyl (C=O) groups is 1. The number of rotatable bonds is 8. The molecular weight excluding hydrogens is 374 g/mol. The molecule has 7 heteroatoms. The molecule has 0 radical (unpaired) electrons. The van der Waals surface area contributed by atoms with Gasteiger partial charge in [0.1, 0.15) is 10.8 Å². The highest BCUT2D eigenvalue weighted by molar-refractivity contribution is 7.09. The summed E-state index contributed by atoms with van der Waals surface area (Å²) in [5, 5.41) is 6.79. The summed E-state index contributed by atoms with van der Waals surface area (Å²) in [5.74, 6) is 1.08. The predicted molar refractivity (Wildman–Crippen MR) is 112 cm³/mol. The summed E-state index contributed by atoms with van der Waals surface area (Å²) < 4.78 is 5.24. The number of H-pyrrole nitrogens is 1. The Hall–Kier alpha value is -2.67. The zero-order chi connectivity index (χ0) is 20.1. The van der Waals surface area contributed by atoms with E-state index in [4.69, 9.17) is 4.74 Å². The molecule has 0 aliphatic rings. The van der Waals surface area contributed by atoms with Gasteiger partial charge >= 0.3 is 0 Å². The Morgan fingerprint density at radius 2 is 2.14 bits per heavy atom. The topological polar surface area (TPSA) is 84.1 Å². The Balaban J connectivity index is 1.69. The van der Waals surface area contributed by atoms with Crippen LogP contribution in [0.3, 0.4) is 0 Å². The molecule has 2 N–H and O–H groups in total. The smallest absolute Gasteiger partial charge is 0.251 e. The molecule has 3 aromatic rings. The van der Waals surface area contributed by atoms with Crippen molar-refractivity contribution in [2.24, 2.45) is 5.92 Å². The summed E-state index contributed by atoms with van der Waals surface area (Å²) in [5.41, 5.74) is 1.18. The highest BCUT2D eigenvalue weighted by Crippen LogP contribution is 2.23. The average molecular weight is 400 g/mol. The van der Waals surface area contributed by atoms with E-state index in [-0.39, 0.29) is 23.9 Å². The van der Waals surface area contributed by atoms with Gasteiger partial charge in [-0.3, -0.25) is 9.59 Å². The molecule has 1 atom stereocenters. The Morgan fingerprint density at radius 1 is 1.32 bits per heavy atom. The third-order valence-corrected chi connectivity index (χ3v) is 5.43. The number of nitrogens with one attached hydrogen (secondary N) is 2. The highest BCUT2D eigenvalue weighted by atomic mass is 32.1. The van der Waals surface area contributed by atoms with Gasteiger partial charge in [0.2, 0.25) is 5.91 Å². The molecular formula is C21H25N3O3S. The van der Waals surface area contributed by atoms with E-state index in [9.17, 15) is 9.59 Å². The second kappa shape index (κ2) is 9.01. The fourth-order valence-electron chi connectivity index (χ4n) is 3.16. The van der Waals surface area contributed by atoms with Crippen molar-refractivity contribution in [2.75, 3.05) is 7.11 Å². The predicted octanol–water partition coefficient (Wildman–Crippen LogP) is 3.83. The summed E-state index contributed by atoms with van der Waals surface area (Å²) in [7, 11) is 1.61. The molecule has 0 bridgehead atoms. The van der Waals surface area contributed by atoms with Gasteiger partial charge in [0.15, 0.2) is 0 Å². The second-order valence-electron chi connectivity index (χ2n) is 7.20. The number of aryl methyl sites for hydroxylation is 1. The molecule has 0 spiro atoms. The lowest BCUT2D eigenvalue weighted by atomic mass is 10.0. The standard InChI is InChI=1S/C21H25N3O3S/c1-13(2)10-18(21-22-8-9-28-21)23-19(25)7-4-14-11-15-12-16(27-3)5-6-17(15)24-20(14)26/h5-6,8-9,11-13,18H,4,7,10H2,1-3H3,(H,23,25)(H,24,26). The lowest BCUT2D eigenvalue weighted by molar-refractivity contribution is -0.121. The van der Waals surface area contributed by atoms with Gasteiger partial charge in [-0.25, -0.2) is 4.98 Å². The average Bonchev–Trinajstić information content (AvgIpc) is 3.20. The summed E-state index contributed by atoms with van der Waals surface area (Å²) in [6.45, 7) is 4.24. The Morgan fingerprint density at radius 3 is 2.82 bits per heavy atom. The molecule has 148 valence electrons. The van der Waals surface area contributed by atoms with Gasteiger partial charge in [-0.1, -0.05) is 13.8 Å². The van der Waals surface area contributed by atoms with E-state index < -0.39 is 0 Å². The fraction of sp³-hybridized carbons (Fsp3) is 0.381. The van der Waals surface area contributed by atoms with E-state index >= 15 is 0 Å². The molecule has 0 fully saturated rings. The number of nitrogens with zero attached hydrogens (tertiary/aromatic N) is 1. The van der Waals surface area contributed by atoms with E-state index in [1.807, 2.05) is 23.6 Å². The van der Waals surface area contributed by atoms with Crippen LogP contribution in [0, 0.1) is 5.92 Å². The lowest BCUT2D eigenvalue weighted by Crippen LogP contribution is -2.30. The quantitative estimate of drug-likeness (QED) is 0.603. The number of ether oxygens (including phenoxy) is 1. The van der Waals surface area contributed by atoms with Crippen molar-refractivity contribution in [1.82, 2.24) is 15.3 Å². The third-order valence-electron chi connectivity index (χ3n) is 4.54. The minimum atomic E-state index is -0.163. The van der Waals surface area contributed by atoms with Crippen molar-refractivity contribution >= 4 is 28.1 Å².